The first-order chi connectivity index (χ1) is 9.04. The van der Waals surface area contributed by atoms with E-state index in [0.717, 1.165) is 17.8 Å². The van der Waals surface area contributed by atoms with E-state index in [1.807, 2.05) is 0 Å². The summed E-state index contributed by atoms with van der Waals surface area (Å²) in [5.74, 6) is 3.46. The van der Waals surface area contributed by atoms with Gasteiger partial charge >= 0.3 is 0 Å². The van der Waals surface area contributed by atoms with Gasteiger partial charge in [0.2, 0.25) is 0 Å². The van der Waals surface area contributed by atoms with E-state index in [0.29, 0.717) is 5.04 Å². The zero-order valence-corrected chi connectivity index (χ0v) is 17.8. The Labute approximate surface area is 132 Å². The molecule has 2 rings (SSSR count). The molecule has 0 radical (unpaired) electrons. The predicted octanol–water partition coefficient (Wildman–Crippen LogP) is 5.96. The van der Waals surface area contributed by atoms with Crippen LogP contribution in [0.1, 0.15) is 59.3 Å². The van der Waals surface area contributed by atoms with Gasteiger partial charge in [-0.3, -0.25) is 0 Å². The summed E-state index contributed by atoms with van der Waals surface area (Å²) in [6.45, 7) is 16.6. The third kappa shape index (κ3) is 8.66. The van der Waals surface area contributed by atoms with Crippen LogP contribution in [0.2, 0.25) is 37.3 Å². The fourth-order valence-electron chi connectivity index (χ4n) is 3.79. The fourth-order valence-corrected chi connectivity index (χ4v) is 5.39. The highest BCUT2D eigenvalue weighted by Crippen LogP contribution is 2.50. The lowest BCUT2D eigenvalue weighted by Gasteiger charge is -2.22. The van der Waals surface area contributed by atoms with Crippen molar-refractivity contribution < 1.29 is 0 Å². The summed E-state index contributed by atoms with van der Waals surface area (Å²) in [6, 6.07) is 1.59. The first-order valence-corrected chi connectivity index (χ1v) is 14.8. The Morgan fingerprint density at radius 2 is 1.60 bits per heavy atom. The SMILES string of the molecule is CC(C)(C)[SiH2]CCCC1CC2CCC1C2.C[Si](C)(C)C. The molecule has 0 N–H and O–H groups in total. The molecule has 0 nitrogen and oxygen atoms in total. The number of hydrogen-bond donors (Lipinski definition) is 0. The normalized spacial score (nSPS) is 29.9. The van der Waals surface area contributed by atoms with Crippen LogP contribution in [-0.4, -0.2) is 17.6 Å². The summed E-state index contributed by atoms with van der Waals surface area (Å²) in [6.07, 6.45) is 9.47. The molecule has 2 aliphatic carbocycles. The molecule has 2 bridgehead atoms. The summed E-state index contributed by atoms with van der Waals surface area (Å²) in [5.41, 5.74) is 0. The second-order valence-corrected chi connectivity index (χ2v) is 19.6. The van der Waals surface area contributed by atoms with Crippen LogP contribution in [0, 0.1) is 17.8 Å². The van der Waals surface area contributed by atoms with Gasteiger partial charge in [-0.2, -0.15) is 0 Å². The molecule has 0 amide bonds. The topological polar surface area (TPSA) is 0 Å². The highest BCUT2D eigenvalue weighted by atomic mass is 28.3. The maximum Gasteiger partial charge on any atom is 0.0411 e. The van der Waals surface area contributed by atoms with Gasteiger partial charge < -0.3 is 0 Å². The van der Waals surface area contributed by atoms with Crippen molar-refractivity contribution in [3.8, 4) is 0 Å². The monoisotopic (exact) mass is 312 g/mol. The number of fused-ring (bicyclic) bond motifs is 2. The summed E-state index contributed by atoms with van der Waals surface area (Å²) < 4.78 is 0. The Kier molecular flexibility index (Phi) is 7.04. The van der Waals surface area contributed by atoms with Gasteiger partial charge in [0.15, 0.2) is 0 Å². The number of hydrogen-bond acceptors (Lipinski definition) is 0. The molecular formula is C18H40Si2. The van der Waals surface area contributed by atoms with Gasteiger partial charge in [-0.1, -0.05) is 72.3 Å². The maximum absolute atomic E-state index is 2.43. The molecule has 2 fully saturated rings. The molecule has 0 aromatic rings. The first kappa shape index (κ1) is 18.5. The molecule has 2 aliphatic rings. The van der Waals surface area contributed by atoms with Gasteiger partial charge in [0.05, 0.1) is 0 Å². The van der Waals surface area contributed by atoms with Crippen LogP contribution in [0.4, 0.5) is 0 Å². The third-order valence-electron chi connectivity index (χ3n) is 4.64. The van der Waals surface area contributed by atoms with E-state index in [9.17, 15) is 0 Å². The molecule has 0 saturated heterocycles. The van der Waals surface area contributed by atoms with Crippen LogP contribution in [0.5, 0.6) is 0 Å². The van der Waals surface area contributed by atoms with Crippen LogP contribution in [0.3, 0.4) is 0 Å². The van der Waals surface area contributed by atoms with E-state index >= 15 is 0 Å². The van der Waals surface area contributed by atoms with Crippen molar-refractivity contribution in [2.24, 2.45) is 17.8 Å². The Balaban J connectivity index is 0.000000347. The maximum atomic E-state index is 2.43. The second kappa shape index (κ2) is 7.62. The average molecular weight is 313 g/mol. The fraction of sp³-hybridized carbons (Fsp3) is 1.00. The molecule has 0 heterocycles. The van der Waals surface area contributed by atoms with E-state index in [-0.39, 0.29) is 9.52 Å². The molecule has 20 heavy (non-hydrogen) atoms. The van der Waals surface area contributed by atoms with Crippen LogP contribution in [0.15, 0.2) is 0 Å². The minimum absolute atomic E-state index is 0.200. The smallest absolute Gasteiger partial charge is 0.0411 e. The Morgan fingerprint density at radius 1 is 1.00 bits per heavy atom. The minimum atomic E-state index is -0.611. The van der Waals surface area contributed by atoms with Crippen LogP contribution >= 0.6 is 0 Å². The van der Waals surface area contributed by atoms with Crippen LogP contribution < -0.4 is 0 Å². The molecule has 2 heteroatoms. The molecule has 2 saturated carbocycles. The molecule has 0 aliphatic heterocycles. The zero-order valence-electron chi connectivity index (χ0n) is 15.4. The summed E-state index contributed by atoms with van der Waals surface area (Å²) in [7, 11) is -0.411. The van der Waals surface area contributed by atoms with Crippen LogP contribution in [0.25, 0.3) is 0 Å². The van der Waals surface area contributed by atoms with Gasteiger partial charge in [-0.05, 0) is 42.1 Å². The molecular weight excluding hydrogens is 272 g/mol. The second-order valence-electron chi connectivity index (χ2n) is 10.2. The van der Waals surface area contributed by atoms with Crippen molar-refractivity contribution in [1.29, 1.82) is 0 Å². The molecule has 0 aromatic carbocycles. The van der Waals surface area contributed by atoms with E-state index in [2.05, 4.69) is 47.0 Å². The highest BCUT2D eigenvalue weighted by molar-refractivity contribution is 6.74. The van der Waals surface area contributed by atoms with Crippen molar-refractivity contribution in [3.05, 3.63) is 0 Å². The Morgan fingerprint density at radius 3 is 2.00 bits per heavy atom. The lowest BCUT2D eigenvalue weighted by atomic mass is 9.86. The quantitative estimate of drug-likeness (QED) is 0.443. The number of rotatable bonds is 4. The van der Waals surface area contributed by atoms with Gasteiger partial charge in [-0.15, -0.1) is 0 Å². The van der Waals surface area contributed by atoms with Crippen molar-refractivity contribution in [2.75, 3.05) is 0 Å². The van der Waals surface area contributed by atoms with E-state index in [1.165, 1.54) is 0 Å². The van der Waals surface area contributed by atoms with Crippen molar-refractivity contribution in [3.63, 3.8) is 0 Å². The van der Waals surface area contributed by atoms with Crippen molar-refractivity contribution in [2.45, 2.75) is 96.6 Å². The van der Waals surface area contributed by atoms with E-state index < -0.39 is 8.07 Å². The zero-order chi connectivity index (χ0) is 15.4. The predicted molar refractivity (Wildman–Crippen MR) is 100 cm³/mol. The molecule has 3 atom stereocenters. The van der Waals surface area contributed by atoms with Gasteiger partial charge in [0.25, 0.3) is 0 Å². The first-order valence-electron chi connectivity index (χ1n) is 9.04. The highest BCUT2D eigenvalue weighted by Gasteiger charge is 2.38. The van der Waals surface area contributed by atoms with Crippen LogP contribution in [-0.2, 0) is 0 Å². The van der Waals surface area contributed by atoms with Gasteiger partial charge in [0, 0.05) is 17.6 Å². The van der Waals surface area contributed by atoms with Gasteiger partial charge in [0.1, 0.15) is 0 Å². The van der Waals surface area contributed by atoms with Gasteiger partial charge in [-0.25, -0.2) is 0 Å². The lowest BCUT2D eigenvalue weighted by Crippen LogP contribution is -2.12. The largest absolute Gasteiger partial charge is 0.0697 e. The molecule has 3 unspecified atom stereocenters. The summed E-state index contributed by atoms with van der Waals surface area (Å²) >= 11 is 0. The van der Waals surface area contributed by atoms with E-state index in [1.54, 1.807) is 44.6 Å². The standard InChI is InChI=1S/C14H28Si.C4H12Si/c1-14(2,3)15-8-4-5-12-9-11-6-7-13(12)10-11;1-5(2,3)4/h11-13H,4-10,15H2,1-3H3;1-4H3. The summed E-state index contributed by atoms with van der Waals surface area (Å²) in [5, 5.41) is 0.689. The lowest BCUT2D eigenvalue weighted by molar-refractivity contribution is 0.312. The Hall–Kier alpha value is 0.434. The third-order valence-corrected chi connectivity index (χ3v) is 6.99. The molecule has 0 spiro atoms. The average Bonchev–Trinajstić information content (AvgIpc) is 2.82. The van der Waals surface area contributed by atoms with Crippen molar-refractivity contribution >= 4 is 17.6 Å². The van der Waals surface area contributed by atoms with Crippen molar-refractivity contribution in [1.82, 2.24) is 0 Å². The molecule has 120 valence electrons. The Bertz CT molecular complexity index is 266. The van der Waals surface area contributed by atoms with E-state index in [4.69, 9.17) is 0 Å². The summed E-state index contributed by atoms with van der Waals surface area (Å²) in [4.78, 5) is 0. The minimum Gasteiger partial charge on any atom is -0.0697 e. The molecule has 0 aromatic heterocycles.